The Morgan fingerprint density at radius 2 is 1.67 bits per heavy atom. The molecule has 0 radical (unpaired) electrons. The van der Waals surface area contributed by atoms with Crippen molar-refractivity contribution in [2.24, 2.45) is 0 Å². The first-order valence-electron chi connectivity index (χ1n) is 2.32. The summed E-state index contributed by atoms with van der Waals surface area (Å²) < 4.78 is 22.1. The predicted molar refractivity (Wildman–Crippen MR) is 33.3 cm³/mol. The van der Waals surface area contributed by atoms with Crippen LogP contribution in [0.3, 0.4) is 0 Å². The van der Waals surface area contributed by atoms with E-state index in [4.69, 9.17) is 0 Å². The molecule has 54 valence electrons. The monoisotopic (exact) mass is 151 g/mol. The average Bonchev–Trinajstić information content (AvgIpc) is 1.65. The Morgan fingerprint density at radius 3 is 1.67 bits per heavy atom. The molecule has 0 saturated carbocycles. The van der Waals surface area contributed by atoms with Crippen LogP contribution >= 0.6 is 0 Å². The molecular formula is C4H9NO3S. The van der Waals surface area contributed by atoms with Crippen LogP contribution in [0.15, 0.2) is 0 Å². The topological polar surface area (TPSA) is 54.5 Å². The molecule has 0 spiro atoms. The quantitative estimate of drug-likeness (QED) is 0.504. The molecule has 0 fully saturated rings. The van der Waals surface area contributed by atoms with Gasteiger partial charge in [0.05, 0.1) is 0 Å². The number of sulfonamides is 1. The second-order valence-electron chi connectivity index (χ2n) is 1.78. The van der Waals surface area contributed by atoms with Crippen molar-refractivity contribution in [3.8, 4) is 0 Å². The van der Waals surface area contributed by atoms with Gasteiger partial charge in [0, 0.05) is 21.0 Å². The highest BCUT2D eigenvalue weighted by Gasteiger charge is 2.18. The molecule has 0 aromatic heterocycles. The van der Waals surface area contributed by atoms with Crippen LogP contribution in [0.5, 0.6) is 0 Å². The van der Waals surface area contributed by atoms with Crippen LogP contribution in [0.25, 0.3) is 0 Å². The summed E-state index contributed by atoms with van der Waals surface area (Å²) in [5, 5.41) is -0.826. The van der Waals surface area contributed by atoms with Gasteiger partial charge >= 0.3 is 0 Å². The molecule has 0 rings (SSSR count). The maximum atomic E-state index is 10.6. The second kappa shape index (κ2) is 2.45. The minimum absolute atomic E-state index is 0.826. The fourth-order valence-corrected chi connectivity index (χ4v) is 0.771. The Balaban J connectivity index is 4.63. The van der Waals surface area contributed by atoms with Crippen molar-refractivity contribution in [2.45, 2.75) is 6.92 Å². The number of carbonyl (C=O) groups is 1. The van der Waals surface area contributed by atoms with Gasteiger partial charge in [-0.2, -0.15) is 0 Å². The maximum Gasteiger partial charge on any atom is 0.276 e. The lowest BCUT2D eigenvalue weighted by Gasteiger charge is -2.05. The standard InChI is InChI=1S/C4H9NO3S/c1-4(6)9(7,8)5(2)3/h1-3H3. The van der Waals surface area contributed by atoms with Gasteiger partial charge in [0.25, 0.3) is 15.1 Å². The summed E-state index contributed by atoms with van der Waals surface area (Å²) in [6, 6.07) is 0. The molecule has 0 N–H and O–H groups in total. The van der Waals surface area contributed by atoms with E-state index in [9.17, 15) is 13.2 Å². The molecule has 5 heteroatoms. The normalized spacial score (nSPS) is 12.0. The van der Waals surface area contributed by atoms with Crippen LogP contribution in [-0.2, 0) is 14.8 Å². The lowest BCUT2D eigenvalue weighted by Crippen LogP contribution is -2.27. The van der Waals surface area contributed by atoms with E-state index in [1.165, 1.54) is 14.1 Å². The number of hydrogen-bond acceptors (Lipinski definition) is 3. The molecule has 0 atom stereocenters. The van der Waals surface area contributed by atoms with E-state index in [2.05, 4.69) is 0 Å². The van der Waals surface area contributed by atoms with Crippen molar-refractivity contribution in [3.05, 3.63) is 0 Å². The first-order chi connectivity index (χ1) is 3.89. The summed E-state index contributed by atoms with van der Waals surface area (Å²) in [5.41, 5.74) is 0. The highest BCUT2D eigenvalue weighted by molar-refractivity contribution is 8.03. The van der Waals surface area contributed by atoms with Crippen molar-refractivity contribution in [1.29, 1.82) is 0 Å². The van der Waals surface area contributed by atoms with Crippen molar-refractivity contribution in [1.82, 2.24) is 4.31 Å². The molecule has 0 amide bonds. The van der Waals surface area contributed by atoms with E-state index in [0.717, 1.165) is 11.2 Å². The van der Waals surface area contributed by atoms with Crippen LogP contribution in [0.4, 0.5) is 0 Å². The minimum atomic E-state index is -3.62. The zero-order valence-corrected chi connectivity index (χ0v) is 6.40. The largest absolute Gasteiger partial charge is 0.281 e. The highest BCUT2D eigenvalue weighted by Crippen LogP contribution is 1.93. The van der Waals surface area contributed by atoms with Gasteiger partial charge in [0.1, 0.15) is 0 Å². The third-order valence-corrected chi connectivity index (χ3v) is 2.53. The van der Waals surface area contributed by atoms with Crippen molar-refractivity contribution >= 4 is 15.1 Å². The molecule has 0 aliphatic carbocycles. The van der Waals surface area contributed by atoms with Crippen LogP contribution in [0, 0.1) is 0 Å². The molecule has 0 unspecified atom stereocenters. The lowest BCUT2D eigenvalue weighted by molar-refractivity contribution is -0.110. The van der Waals surface area contributed by atoms with Crippen LogP contribution in [0.1, 0.15) is 6.92 Å². The third kappa shape index (κ3) is 1.76. The molecular weight excluding hydrogens is 142 g/mol. The zero-order chi connectivity index (χ0) is 7.65. The average molecular weight is 151 g/mol. The number of hydrogen-bond donors (Lipinski definition) is 0. The van der Waals surface area contributed by atoms with Gasteiger partial charge in [-0.3, -0.25) is 4.79 Å². The Bertz CT molecular complexity index is 204. The fourth-order valence-electron chi connectivity index (χ4n) is 0.257. The Kier molecular flexibility index (Phi) is 2.33. The van der Waals surface area contributed by atoms with E-state index in [1.807, 2.05) is 0 Å². The van der Waals surface area contributed by atoms with Gasteiger partial charge in [0.2, 0.25) is 0 Å². The minimum Gasteiger partial charge on any atom is -0.281 e. The van der Waals surface area contributed by atoms with E-state index < -0.39 is 15.1 Å². The molecule has 0 heterocycles. The summed E-state index contributed by atoms with van der Waals surface area (Å²) in [6.45, 7) is 1.02. The molecule has 0 aromatic carbocycles. The second-order valence-corrected chi connectivity index (χ2v) is 4.03. The van der Waals surface area contributed by atoms with E-state index in [0.29, 0.717) is 0 Å². The number of carbonyl (C=O) groups excluding carboxylic acids is 1. The summed E-state index contributed by atoms with van der Waals surface area (Å²) in [5.74, 6) is 0. The molecule has 0 aliphatic heterocycles. The van der Waals surface area contributed by atoms with E-state index in [-0.39, 0.29) is 0 Å². The zero-order valence-electron chi connectivity index (χ0n) is 5.58. The van der Waals surface area contributed by atoms with Gasteiger partial charge in [-0.15, -0.1) is 0 Å². The van der Waals surface area contributed by atoms with Gasteiger partial charge in [-0.25, -0.2) is 12.7 Å². The van der Waals surface area contributed by atoms with Gasteiger partial charge in [-0.1, -0.05) is 0 Å². The van der Waals surface area contributed by atoms with Crippen LogP contribution in [0.2, 0.25) is 0 Å². The molecule has 4 nitrogen and oxygen atoms in total. The number of rotatable bonds is 1. The first-order valence-corrected chi connectivity index (χ1v) is 3.76. The van der Waals surface area contributed by atoms with Crippen molar-refractivity contribution in [2.75, 3.05) is 14.1 Å². The predicted octanol–water partition coefficient (Wildman–Crippen LogP) is -0.576. The summed E-state index contributed by atoms with van der Waals surface area (Å²) in [4.78, 5) is 10.3. The Hall–Kier alpha value is -0.420. The van der Waals surface area contributed by atoms with Crippen molar-refractivity contribution < 1.29 is 13.2 Å². The Morgan fingerprint density at radius 1 is 1.33 bits per heavy atom. The smallest absolute Gasteiger partial charge is 0.276 e. The van der Waals surface area contributed by atoms with Gasteiger partial charge < -0.3 is 0 Å². The van der Waals surface area contributed by atoms with Gasteiger partial charge in [0.15, 0.2) is 0 Å². The number of nitrogens with zero attached hydrogens (tertiary/aromatic N) is 1. The third-order valence-electron chi connectivity index (χ3n) is 0.844. The van der Waals surface area contributed by atoms with E-state index >= 15 is 0 Å². The molecule has 0 aliphatic rings. The molecule has 0 saturated heterocycles. The SMILES string of the molecule is CC(=O)S(=O)(=O)N(C)C. The first kappa shape index (κ1) is 8.58. The summed E-state index contributed by atoms with van der Waals surface area (Å²) in [7, 11) is -0.988. The van der Waals surface area contributed by atoms with Crippen LogP contribution < -0.4 is 0 Å². The maximum absolute atomic E-state index is 10.6. The van der Waals surface area contributed by atoms with Gasteiger partial charge in [-0.05, 0) is 0 Å². The van der Waals surface area contributed by atoms with Crippen LogP contribution in [-0.4, -0.2) is 31.9 Å². The molecule has 9 heavy (non-hydrogen) atoms. The highest BCUT2D eigenvalue weighted by atomic mass is 32.2. The Labute approximate surface area is 54.5 Å². The summed E-state index contributed by atoms with van der Waals surface area (Å²) in [6.07, 6.45) is 0. The van der Waals surface area contributed by atoms with Crippen molar-refractivity contribution in [3.63, 3.8) is 0 Å². The van der Waals surface area contributed by atoms with E-state index in [1.54, 1.807) is 0 Å². The lowest BCUT2D eigenvalue weighted by atomic mass is 10.9. The fraction of sp³-hybridized carbons (Fsp3) is 0.750. The molecule has 0 aromatic rings. The summed E-state index contributed by atoms with van der Waals surface area (Å²) >= 11 is 0. The molecule has 0 bridgehead atoms.